The monoisotopic (exact) mass is 909 g/mol. The lowest BCUT2D eigenvalue weighted by atomic mass is 9.84. The van der Waals surface area contributed by atoms with Crippen molar-refractivity contribution in [1.82, 2.24) is 35.2 Å². The zero-order valence-corrected chi connectivity index (χ0v) is 40.1. The topological polar surface area (TPSA) is 134 Å². The van der Waals surface area contributed by atoms with E-state index in [1.807, 2.05) is 18.5 Å². The number of methoxy groups -OCH3 is 1. The predicted molar refractivity (Wildman–Crippen MR) is 241 cm³/mol. The van der Waals surface area contributed by atoms with Crippen LogP contribution < -0.4 is 15.6 Å². The Morgan fingerprint density at radius 1 is 1.15 bits per heavy atom. The molecule has 9 radical (unpaired) electrons. The molecule has 1 unspecified atom stereocenters. The smallest absolute Gasteiger partial charge is 0.324 e. The normalized spacial score (nSPS) is 26.8. The third-order valence-corrected chi connectivity index (χ3v) is 15.6. The van der Waals surface area contributed by atoms with Crippen molar-refractivity contribution < 1.29 is 28.2 Å². The van der Waals surface area contributed by atoms with E-state index in [1.54, 1.807) is 7.11 Å². The summed E-state index contributed by atoms with van der Waals surface area (Å²) in [6.07, 6.45) is 3.80. The van der Waals surface area contributed by atoms with E-state index in [-0.39, 0.29) is 13.0 Å². The quantitative estimate of drug-likeness (QED) is 0.197. The first-order chi connectivity index (χ1) is 29.4. The fourth-order valence-electron chi connectivity index (χ4n) is 9.00. The number of rotatable bonds is 8. The van der Waals surface area contributed by atoms with E-state index in [0.717, 1.165) is 76.5 Å². The van der Waals surface area contributed by atoms with Gasteiger partial charge in [-0.05, 0) is 76.3 Å². The number of carbonyl (C=O) groups excluding carboxylic acids is 3. The number of esters is 1. The molecular formula is C44H54FN8O5SSi3. The van der Waals surface area contributed by atoms with Crippen molar-refractivity contribution in [3.63, 3.8) is 0 Å². The molecular weight excluding hydrogens is 856 g/mol. The Balaban J connectivity index is 1.28. The number of halogens is 1. The van der Waals surface area contributed by atoms with Crippen molar-refractivity contribution in [1.29, 1.82) is 0 Å². The Bertz CT molecular complexity index is 2390. The number of alkyl halides is 1. The minimum absolute atomic E-state index is 0.00285. The van der Waals surface area contributed by atoms with Crippen molar-refractivity contribution in [3.8, 4) is 22.5 Å². The SMILES string of the molecule is CCn1c(-c2cc(N3CCN(C)CC3)cnc2[C@@](C)([Si])OC)c2c3cc(ccc31)-c1csc(n1)CC([Si])(NC(=O)[C@@]1([Si])C[C@@H]1CF)C(=O)N1CCC[C@H](N1)C(=O)OCC(C)(C)C2. The Hall–Kier alpha value is -3.79. The van der Waals surface area contributed by atoms with Crippen LogP contribution in [0.1, 0.15) is 63.2 Å². The zero-order chi connectivity index (χ0) is 44.4. The highest BCUT2D eigenvalue weighted by molar-refractivity contribution is 7.10. The largest absolute Gasteiger partial charge is 0.464 e. The average Bonchev–Trinajstić information content (AvgIpc) is 3.57. The first-order valence-electron chi connectivity index (χ1n) is 21.4. The maximum atomic E-state index is 14.5. The predicted octanol–water partition coefficient (Wildman–Crippen LogP) is 4.05. The van der Waals surface area contributed by atoms with E-state index >= 15 is 0 Å². The Kier molecular flexibility index (Phi) is 12.3. The van der Waals surface area contributed by atoms with Gasteiger partial charge in [-0.25, -0.2) is 10.4 Å². The van der Waals surface area contributed by atoms with Crippen molar-refractivity contribution in [2.24, 2.45) is 11.3 Å². The highest BCUT2D eigenvalue weighted by atomic mass is 32.1. The molecule has 1 aromatic carbocycles. The van der Waals surface area contributed by atoms with Crippen LogP contribution in [-0.2, 0) is 48.5 Å². The van der Waals surface area contributed by atoms with Gasteiger partial charge in [-0.2, -0.15) is 0 Å². The van der Waals surface area contributed by atoms with Gasteiger partial charge in [0.05, 0.1) is 73.0 Å². The number of cyclic esters (lactones) is 1. The lowest BCUT2D eigenvalue weighted by molar-refractivity contribution is -0.156. The summed E-state index contributed by atoms with van der Waals surface area (Å²) in [6, 6.07) is 7.84. The summed E-state index contributed by atoms with van der Waals surface area (Å²) < 4.78 is 28.3. The minimum atomic E-state index is -1.66. The van der Waals surface area contributed by atoms with Gasteiger partial charge in [-0.1, -0.05) is 19.9 Å². The van der Waals surface area contributed by atoms with Crippen LogP contribution >= 0.6 is 11.3 Å². The highest BCUT2D eigenvalue weighted by Crippen LogP contribution is 2.57. The molecule has 62 heavy (non-hydrogen) atoms. The average molecular weight is 910 g/mol. The molecule has 4 aliphatic rings. The van der Waals surface area contributed by atoms with Gasteiger partial charge in [0.2, 0.25) is 5.91 Å². The lowest BCUT2D eigenvalue weighted by Gasteiger charge is -2.39. The number of nitrogens with zero attached hydrogens (tertiary/aromatic N) is 6. The standard InChI is InChI=1S/C44H54FN8O5SSi3/c1-7-52-34-11-10-26-17-29(34)31(36(52)30-18-28(51-15-13-50(5)14-16-51)23-46-37(30)42(4,60)57-6)20-41(2,3)25-58-38(54)32-9-8-12-53(49-32)40(56)44(62,21-35-47-33(26)24-59-35)48-39(55)43(61)19-27(43)22-45/h10-11,17-18,23-24,27,32,49H,7-9,12-16,19-22,25H2,1-6H3,(H,48,55)/t27-,32+,42-,43-,44?/m1/s1. The summed E-state index contributed by atoms with van der Waals surface area (Å²) in [5.41, 5.74) is 10.1. The maximum Gasteiger partial charge on any atom is 0.324 e. The number of pyridine rings is 1. The van der Waals surface area contributed by atoms with Crippen molar-refractivity contribution in [2.75, 3.05) is 65.1 Å². The molecule has 2 saturated heterocycles. The number of hydrogen-bond donors (Lipinski definition) is 2. The third kappa shape index (κ3) is 8.47. The summed E-state index contributed by atoms with van der Waals surface area (Å²) in [6.45, 7) is 12.4. The highest BCUT2D eigenvalue weighted by Gasteiger charge is 2.57. The Morgan fingerprint density at radius 2 is 1.90 bits per heavy atom. The fraction of sp³-hybridized carbons (Fsp3) is 0.568. The number of fused-ring (bicyclic) bond motifs is 6. The second kappa shape index (κ2) is 17.0. The second-order valence-corrected chi connectivity index (χ2v) is 22.0. The number of piperazine rings is 1. The number of hydrogen-bond acceptors (Lipinski definition) is 11. The first kappa shape index (κ1) is 44.8. The van der Waals surface area contributed by atoms with Gasteiger partial charge in [0.15, 0.2) is 0 Å². The molecule has 0 spiro atoms. The van der Waals surface area contributed by atoms with Crippen LogP contribution in [0.15, 0.2) is 35.8 Å². The molecule has 2 amide bonds. The lowest BCUT2D eigenvalue weighted by Crippen LogP contribution is -2.67. The number of carbonyl (C=O) groups is 3. The van der Waals surface area contributed by atoms with E-state index in [1.165, 1.54) is 16.3 Å². The molecule has 5 atom stereocenters. The zero-order valence-electron chi connectivity index (χ0n) is 36.3. The van der Waals surface area contributed by atoms with E-state index in [2.05, 4.69) is 108 Å². The number of thiazole rings is 1. The number of amides is 2. The van der Waals surface area contributed by atoms with Crippen LogP contribution in [0.4, 0.5) is 10.1 Å². The molecule has 325 valence electrons. The van der Waals surface area contributed by atoms with Crippen molar-refractivity contribution >= 4 is 76.4 Å². The Morgan fingerprint density at radius 3 is 2.60 bits per heavy atom. The molecule has 3 aromatic heterocycles. The maximum absolute atomic E-state index is 14.5. The van der Waals surface area contributed by atoms with Gasteiger partial charge in [0.25, 0.3) is 5.91 Å². The van der Waals surface area contributed by atoms with Gasteiger partial charge in [-0.3, -0.25) is 28.8 Å². The van der Waals surface area contributed by atoms with Gasteiger partial charge in [-0.15, -0.1) is 11.3 Å². The van der Waals surface area contributed by atoms with E-state index in [0.29, 0.717) is 43.8 Å². The van der Waals surface area contributed by atoms with Crippen LogP contribution in [0.25, 0.3) is 33.4 Å². The molecule has 1 aliphatic carbocycles. The summed E-state index contributed by atoms with van der Waals surface area (Å²) >= 11 is 1.39. The molecule has 2 N–H and O–H groups in total. The molecule has 13 nitrogen and oxygen atoms in total. The van der Waals surface area contributed by atoms with Crippen LogP contribution in [0, 0.1) is 11.3 Å². The molecule has 4 aromatic rings. The molecule has 1 saturated carbocycles. The van der Waals surface area contributed by atoms with E-state index < -0.39 is 57.3 Å². The number of nitrogens with one attached hydrogen (secondary N) is 2. The van der Waals surface area contributed by atoms with Crippen LogP contribution in [-0.4, -0.2) is 144 Å². The Labute approximate surface area is 377 Å². The number of aryl methyl sites for hydroxylation is 1. The molecule has 6 bridgehead atoms. The molecule has 3 fully saturated rings. The van der Waals surface area contributed by atoms with Crippen molar-refractivity contribution in [2.45, 2.75) is 87.8 Å². The summed E-state index contributed by atoms with van der Waals surface area (Å²) in [4.78, 5) is 57.0. The summed E-state index contributed by atoms with van der Waals surface area (Å²) in [5, 5.41) is 4.19. The fourth-order valence-corrected chi connectivity index (χ4v) is 11.0. The minimum Gasteiger partial charge on any atom is -0.464 e. The number of benzene rings is 1. The summed E-state index contributed by atoms with van der Waals surface area (Å²) in [7, 11) is 15.0. The number of ether oxygens (including phenoxy) is 2. The van der Waals surface area contributed by atoms with Gasteiger partial charge < -0.3 is 29.2 Å². The first-order valence-corrected chi connectivity index (χ1v) is 23.8. The number of likely N-dealkylation sites (N-methyl/N-ethyl adjacent to an activating group) is 1. The van der Waals surface area contributed by atoms with Gasteiger partial charge in [0.1, 0.15) is 11.2 Å². The number of aromatic nitrogens is 3. The van der Waals surface area contributed by atoms with Gasteiger partial charge >= 0.3 is 5.97 Å². The van der Waals surface area contributed by atoms with Crippen LogP contribution in [0.5, 0.6) is 0 Å². The summed E-state index contributed by atoms with van der Waals surface area (Å²) in [5.74, 6) is -1.96. The van der Waals surface area contributed by atoms with Crippen molar-refractivity contribution in [3.05, 3.63) is 52.1 Å². The van der Waals surface area contributed by atoms with Crippen LogP contribution in [0.2, 0.25) is 5.04 Å². The van der Waals surface area contributed by atoms with Crippen LogP contribution in [0.3, 0.4) is 0 Å². The third-order valence-electron chi connectivity index (χ3n) is 13.0. The molecule has 3 aliphatic heterocycles. The van der Waals surface area contributed by atoms with E-state index in [9.17, 15) is 18.8 Å². The molecule has 8 rings (SSSR count). The molecule has 6 heterocycles. The number of anilines is 1. The second-order valence-electron chi connectivity index (χ2n) is 18.3. The molecule has 18 heteroatoms. The van der Waals surface area contributed by atoms with E-state index in [4.69, 9.17) is 19.4 Å². The number of hydrazine groups is 1. The van der Waals surface area contributed by atoms with Gasteiger partial charge in [0, 0.05) is 101 Å².